The van der Waals surface area contributed by atoms with Gasteiger partial charge in [-0.25, -0.2) is 0 Å². The van der Waals surface area contributed by atoms with Crippen molar-refractivity contribution in [3.63, 3.8) is 0 Å². The predicted molar refractivity (Wildman–Crippen MR) is 51.1 cm³/mol. The minimum absolute atomic E-state index is 0.254. The summed E-state index contributed by atoms with van der Waals surface area (Å²) in [5, 5.41) is 13.3. The van der Waals surface area contributed by atoms with E-state index in [0.29, 0.717) is 17.3 Å². The standard InChI is InChI=1S/C9H8N4O3/c1-2-7-8(16-5-15-7)3-6(1)14-4-9-10-12-13-11-9/h1-3H,4-5H2,(H,10,11,12,13). The maximum Gasteiger partial charge on any atom is 0.231 e. The predicted octanol–water partition coefficient (Wildman–Crippen LogP) is 0.507. The molecule has 7 nitrogen and oxygen atoms in total. The number of hydrogen-bond donors (Lipinski definition) is 1. The molecule has 3 rings (SSSR count). The Labute approximate surface area is 90.3 Å². The fraction of sp³-hybridized carbons (Fsp3) is 0.222. The average Bonchev–Trinajstić information content (AvgIpc) is 2.97. The van der Waals surface area contributed by atoms with E-state index in [4.69, 9.17) is 14.2 Å². The van der Waals surface area contributed by atoms with Gasteiger partial charge in [0.25, 0.3) is 0 Å². The number of aromatic nitrogens is 4. The number of ether oxygens (including phenoxy) is 3. The van der Waals surface area contributed by atoms with Crippen molar-refractivity contribution < 1.29 is 14.2 Å². The highest BCUT2D eigenvalue weighted by molar-refractivity contribution is 5.46. The quantitative estimate of drug-likeness (QED) is 0.811. The van der Waals surface area contributed by atoms with Crippen LogP contribution in [0.4, 0.5) is 0 Å². The Morgan fingerprint density at radius 2 is 2.25 bits per heavy atom. The van der Waals surface area contributed by atoms with Crippen LogP contribution in [0.25, 0.3) is 0 Å². The van der Waals surface area contributed by atoms with E-state index >= 15 is 0 Å². The summed E-state index contributed by atoms with van der Waals surface area (Å²) in [6.45, 7) is 0.514. The van der Waals surface area contributed by atoms with E-state index in [9.17, 15) is 0 Å². The molecule has 0 aliphatic carbocycles. The van der Waals surface area contributed by atoms with Gasteiger partial charge in [0.15, 0.2) is 18.1 Å². The Morgan fingerprint density at radius 3 is 3.12 bits per heavy atom. The molecule has 2 aromatic rings. The topological polar surface area (TPSA) is 82.2 Å². The van der Waals surface area contributed by atoms with Crippen LogP contribution in [0.1, 0.15) is 5.82 Å². The third kappa shape index (κ3) is 1.62. The highest BCUT2D eigenvalue weighted by Gasteiger charge is 2.13. The van der Waals surface area contributed by atoms with Crippen LogP contribution >= 0.6 is 0 Å². The molecule has 0 amide bonds. The Bertz CT molecular complexity index is 486. The number of aromatic amines is 1. The lowest BCUT2D eigenvalue weighted by Gasteiger charge is -2.03. The van der Waals surface area contributed by atoms with E-state index in [1.807, 2.05) is 0 Å². The van der Waals surface area contributed by atoms with Crippen LogP contribution in [-0.4, -0.2) is 27.4 Å². The van der Waals surface area contributed by atoms with Crippen LogP contribution in [0.15, 0.2) is 18.2 Å². The summed E-state index contributed by atoms with van der Waals surface area (Å²) in [6, 6.07) is 5.36. The molecule has 0 saturated carbocycles. The first-order valence-electron chi connectivity index (χ1n) is 4.66. The summed E-state index contributed by atoms with van der Waals surface area (Å²) in [5.74, 6) is 2.59. The number of tetrazole rings is 1. The van der Waals surface area contributed by atoms with Crippen LogP contribution in [0.2, 0.25) is 0 Å². The van der Waals surface area contributed by atoms with Gasteiger partial charge in [0.2, 0.25) is 12.6 Å². The maximum absolute atomic E-state index is 5.46. The zero-order valence-electron chi connectivity index (χ0n) is 8.21. The zero-order chi connectivity index (χ0) is 10.8. The summed E-state index contributed by atoms with van der Waals surface area (Å²) in [7, 11) is 0. The highest BCUT2D eigenvalue weighted by Crippen LogP contribution is 2.35. The number of H-pyrrole nitrogens is 1. The van der Waals surface area contributed by atoms with Gasteiger partial charge in [-0.05, 0) is 12.1 Å². The molecule has 1 aromatic carbocycles. The summed E-state index contributed by atoms with van der Waals surface area (Å²) >= 11 is 0. The van der Waals surface area contributed by atoms with Gasteiger partial charge in [-0.1, -0.05) is 5.21 Å². The SMILES string of the molecule is c1cc2c(cc1OCc1nn[nH]n1)OCO2. The fourth-order valence-electron chi connectivity index (χ4n) is 1.36. The van der Waals surface area contributed by atoms with Gasteiger partial charge in [-0.3, -0.25) is 0 Å². The van der Waals surface area contributed by atoms with Gasteiger partial charge < -0.3 is 14.2 Å². The molecule has 7 heteroatoms. The Hall–Kier alpha value is -2.31. The van der Waals surface area contributed by atoms with Crippen molar-refractivity contribution in [3.05, 3.63) is 24.0 Å². The van der Waals surface area contributed by atoms with E-state index in [1.54, 1.807) is 18.2 Å². The number of nitrogens with one attached hydrogen (secondary N) is 1. The monoisotopic (exact) mass is 220 g/mol. The molecule has 0 unspecified atom stereocenters. The van der Waals surface area contributed by atoms with E-state index in [0.717, 1.165) is 5.75 Å². The smallest absolute Gasteiger partial charge is 0.231 e. The molecule has 1 aromatic heterocycles. The summed E-state index contributed by atoms with van der Waals surface area (Å²) < 4.78 is 15.9. The van der Waals surface area contributed by atoms with Crippen LogP contribution in [0.3, 0.4) is 0 Å². The second kappa shape index (κ2) is 3.69. The number of benzene rings is 1. The first-order chi connectivity index (χ1) is 7.92. The Kier molecular flexibility index (Phi) is 2.06. The molecular formula is C9H8N4O3. The molecule has 1 N–H and O–H groups in total. The largest absolute Gasteiger partial charge is 0.485 e. The van der Waals surface area contributed by atoms with Gasteiger partial charge in [-0.2, -0.15) is 5.21 Å². The highest BCUT2D eigenvalue weighted by atomic mass is 16.7. The van der Waals surface area contributed by atoms with Gasteiger partial charge in [0.1, 0.15) is 5.75 Å². The normalized spacial score (nSPS) is 12.8. The van der Waals surface area contributed by atoms with Gasteiger partial charge in [-0.15, -0.1) is 10.2 Å². The van der Waals surface area contributed by atoms with Crippen molar-refractivity contribution in [2.75, 3.05) is 6.79 Å². The van der Waals surface area contributed by atoms with E-state index in [2.05, 4.69) is 20.6 Å². The lowest BCUT2D eigenvalue weighted by Crippen LogP contribution is -1.97. The van der Waals surface area contributed by atoms with Crippen LogP contribution in [0, 0.1) is 0 Å². The van der Waals surface area contributed by atoms with Crippen molar-refractivity contribution in [1.29, 1.82) is 0 Å². The van der Waals surface area contributed by atoms with Crippen LogP contribution < -0.4 is 14.2 Å². The first kappa shape index (κ1) is 8.96. The number of rotatable bonds is 3. The lowest BCUT2D eigenvalue weighted by atomic mass is 10.3. The third-order valence-corrected chi connectivity index (χ3v) is 2.10. The molecule has 0 atom stereocenters. The van der Waals surface area contributed by atoms with E-state index < -0.39 is 0 Å². The van der Waals surface area contributed by atoms with Crippen molar-refractivity contribution >= 4 is 0 Å². The first-order valence-corrected chi connectivity index (χ1v) is 4.66. The molecule has 1 aliphatic rings. The molecule has 2 heterocycles. The average molecular weight is 220 g/mol. The molecule has 0 radical (unpaired) electrons. The van der Waals surface area contributed by atoms with Crippen molar-refractivity contribution in [2.45, 2.75) is 6.61 Å². The van der Waals surface area contributed by atoms with Gasteiger partial charge >= 0.3 is 0 Å². The molecule has 0 bridgehead atoms. The summed E-state index contributed by atoms with van der Waals surface area (Å²) in [6.07, 6.45) is 0. The molecule has 16 heavy (non-hydrogen) atoms. The van der Waals surface area contributed by atoms with Crippen LogP contribution in [0.5, 0.6) is 17.2 Å². The summed E-state index contributed by atoms with van der Waals surface area (Å²) in [5.41, 5.74) is 0. The molecule has 0 saturated heterocycles. The lowest BCUT2D eigenvalue weighted by molar-refractivity contribution is 0.173. The second-order valence-corrected chi connectivity index (χ2v) is 3.13. The van der Waals surface area contributed by atoms with Gasteiger partial charge in [0.05, 0.1) is 0 Å². The Balaban J connectivity index is 1.71. The minimum atomic E-state index is 0.254. The third-order valence-electron chi connectivity index (χ3n) is 2.10. The number of fused-ring (bicyclic) bond motifs is 1. The molecule has 0 fully saturated rings. The van der Waals surface area contributed by atoms with E-state index in [1.165, 1.54) is 0 Å². The fourth-order valence-corrected chi connectivity index (χ4v) is 1.36. The van der Waals surface area contributed by atoms with Gasteiger partial charge in [0, 0.05) is 6.07 Å². The van der Waals surface area contributed by atoms with E-state index in [-0.39, 0.29) is 13.4 Å². The Morgan fingerprint density at radius 1 is 1.31 bits per heavy atom. The molecule has 82 valence electrons. The zero-order valence-corrected chi connectivity index (χ0v) is 8.21. The second-order valence-electron chi connectivity index (χ2n) is 3.13. The van der Waals surface area contributed by atoms with Crippen molar-refractivity contribution in [3.8, 4) is 17.2 Å². The minimum Gasteiger partial charge on any atom is -0.485 e. The molecular weight excluding hydrogens is 212 g/mol. The molecule has 0 spiro atoms. The summed E-state index contributed by atoms with van der Waals surface area (Å²) in [4.78, 5) is 0. The van der Waals surface area contributed by atoms with Crippen molar-refractivity contribution in [2.24, 2.45) is 0 Å². The van der Waals surface area contributed by atoms with Crippen LogP contribution in [-0.2, 0) is 6.61 Å². The van der Waals surface area contributed by atoms with Crippen molar-refractivity contribution in [1.82, 2.24) is 20.6 Å². The maximum atomic E-state index is 5.46. The number of nitrogens with zero attached hydrogens (tertiary/aromatic N) is 3. The number of hydrogen-bond acceptors (Lipinski definition) is 6. The molecule has 1 aliphatic heterocycles.